The Morgan fingerprint density at radius 2 is 1.64 bits per heavy atom. The number of aryl methyl sites for hydroxylation is 1. The molecule has 0 aliphatic heterocycles. The van der Waals surface area contributed by atoms with E-state index in [1.807, 2.05) is 30.3 Å². The SMILES string of the molecule is CCCc1ccc(-c2cc(F)c(C#CC3CCC(C=CCl)CC3)c(F)c2)cc1. The van der Waals surface area contributed by atoms with Gasteiger partial charge in [0.15, 0.2) is 0 Å². The van der Waals surface area contributed by atoms with E-state index in [9.17, 15) is 8.78 Å². The molecule has 0 bridgehead atoms. The summed E-state index contributed by atoms with van der Waals surface area (Å²) >= 11 is 5.63. The van der Waals surface area contributed by atoms with Crippen molar-refractivity contribution in [3.05, 3.63) is 70.8 Å². The molecular weight excluding hydrogens is 374 g/mol. The summed E-state index contributed by atoms with van der Waals surface area (Å²) in [5.74, 6) is 5.31. The molecule has 3 heteroatoms. The van der Waals surface area contributed by atoms with Crippen molar-refractivity contribution in [1.82, 2.24) is 0 Å². The molecule has 0 N–H and O–H groups in total. The number of hydrogen-bond donors (Lipinski definition) is 0. The zero-order valence-corrected chi connectivity index (χ0v) is 16.9. The van der Waals surface area contributed by atoms with Crippen LogP contribution >= 0.6 is 11.6 Å². The Morgan fingerprint density at radius 1 is 1.00 bits per heavy atom. The van der Waals surface area contributed by atoms with Crippen LogP contribution in [0.25, 0.3) is 11.1 Å². The molecule has 0 spiro atoms. The van der Waals surface area contributed by atoms with Crippen LogP contribution in [0, 0.1) is 35.3 Å². The normalized spacial score (nSPS) is 19.4. The summed E-state index contributed by atoms with van der Waals surface area (Å²) in [6.07, 6.45) is 7.98. The van der Waals surface area contributed by atoms with Crippen molar-refractivity contribution < 1.29 is 8.78 Å². The van der Waals surface area contributed by atoms with Crippen LogP contribution in [0.5, 0.6) is 0 Å². The monoisotopic (exact) mass is 398 g/mol. The lowest BCUT2D eigenvalue weighted by atomic mass is 9.82. The first-order valence-corrected chi connectivity index (χ1v) is 10.4. The maximum Gasteiger partial charge on any atom is 0.142 e. The fraction of sp³-hybridized carbons (Fsp3) is 0.360. The molecule has 1 aliphatic carbocycles. The van der Waals surface area contributed by atoms with Gasteiger partial charge in [-0.3, -0.25) is 0 Å². The van der Waals surface area contributed by atoms with E-state index in [4.69, 9.17) is 11.6 Å². The van der Waals surface area contributed by atoms with Gasteiger partial charge in [0.25, 0.3) is 0 Å². The predicted octanol–water partition coefficient (Wildman–Crippen LogP) is 7.49. The van der Waals surface area contributed by atoms with E-state index in [0.717, 1.165) is 44.1 Å². The highest BCUT2D eigenvalue weighted by Gasteiger charge is 2.18. The summed E-state index contributed by atoms with van der Waals surface area (Å²) in [4.78, 5) is 0. The van der Waals surface area contributed by atoms with Crippen LogP contribution in [-0.2, 0) is 6.42 Å². The van der Waals surface area contributed by atoms with E-state index in [0.29, 0.717) is 11.5 Å². The van der Waals surface area contributed by atoms with Crippen molar-refractivity contribution in [2.24, 2.45) is 11.8 Å². The molecule has 0 saturated heterocycles. The third kappa shape index (κ3) is 5.24. The van der Waals surface area contributed by atoms with Crippen molar-refractivity contribution >= 4 is 11.6 Å². The second-order valence-corrected chi connectivity index (χ2v) is 7.71. The molecule has 2 aromatic carbocycles. The highest BCUT2D eigenvalue weighted by atomic mass is 35.5. The topological polar surface area (TPSA) is 0 Å². The molecule has 3 rings (SSSR count). The standard InChI is InChI=1S/C25H25ClF2/c1-2-3-18-8-11-21(12-9-18)22-16-24(27)23(25(28)17-22)13-10-19-4-6-20(7-5-19)14-15-26/h8-9,11-12,14-17,19-20H,2-7H2,1H3. The van der Waals surface area contributed by atoms with E-state index in [1.54, 1.807) is 5.54 Å². The van der Waals surface area contributed by atoms with Gasteiger partial charge in [0.2, 0.25) is 0 Å². The number of halogens is 3. The van der Waals surface area contributed by atoms with Gasteiger partial charge in [-0.1, -0.05) is 67.1 Å². The van der Waals surface area contributed by atoms with Gasteiger partial charge in [-0.25, -0.2) is 8.78 Å². The lowest BCUT2D eigenvalue weighted by Gasteiger charge is -2.22. The highest BCUT2D eigenvalue weighted by Crippen LogP contribution is 2.30. The molecule has 0 unspecified atom stereocenters. The van der Waals surface area contributed by atoms with Gasteiger partial charge in [-0.15, -0.1) is 0 Å². The molecular formula is C25H25ClF2. The van der Waals surface area contributed by atoms with Gasteiger partial charge in [-0.05, 0) is 66.8 Å². The average Bonchev–Trinajstić information content (AvgIpc) is 2.69. The summed E-state index contributed by atoms with van der Waals surface area (Å²) in [6, 6.07) is 10.6. The Kier molecular flexibility index (Phi) is 7.29. The summed E-state index contributed by atoms with van der Waals surface area (Å²) in [5, 5.41) is 0. The van der Waals surface area contributed by atoms with Crippen molar-refractivity contribution in [3.8, 4) is 23.0 Å². The molecule has 0 atom stereocenters. The van der Waals surface area contributed by atoms with Crippen molar-refractivity contribution in [1.29, 1.82) is 0 Å². The highest BCUT2D eigenvalue weighted by molar-refractivity contribution is 6.25. The lowest BCUT2D eigenvalue weighted by Crippen LogP contribution is -2.11. The van der Waals surface area contributed by atoms with E-state index >= 15 is 0 Å². The fourth-order valence-corrected chi connectivity index (χ4v) is 3.95. The van der Waals surface area contributed by atoms with Gasteiger partial charge < -0.3 is 0 Å². The Labute approximate surface area is 171 Å². The van der Waals surface area contributed by atoms with Gasteiger partial charge in [0.05, 0.1) is 5.56 Å². The van der Waals surface area contributed by atoms with Gasteiger partial charge in [0, 0.05) is 11.5 Å². The van der Waals surface area contributed by atoms with Crippen molar-refractivity contribution in [2.75, 3.05) is 0 Å². The van der Waals surface area contributed by atoms with Gasteiger partial charge in [-0.2, -0.15) is 0 Å². The maximum absolute atomic E-state index is 14.5. The first-order valence-electron chi connectivity index (χ1n) is 9.97. The van der Waals surface area contributed by atoms with Crippen LogP contribution in [0.2, 0.25) is 0 Å². The Hall–Kier alpha value is -2.11. The van der Waals surface area contributed by atoms with E-state index in [-0.39, 0.29) is 11.5 Å². The Bertz CT molecular complexity index is 856. The summed E-state index contributed by atoms with van der Waals surface area (Å²) < 4.78 is 29.1. The Morgan fingerprint density at radius 3 is 2.21 bits per heavy atom. The minimum absolute atomic E-state index is 0.130. The van der Waals surface area contributed by atoms with Crippen LogP contribution in [0.15, 0.2) is 48.0 Å². The number of benzene rings is 2. The van der Waals surface area contributed by atoms with Crippen LogP contribution in [0.4, 0.5) is 8.78 Å². The third-order valence-electron chi connectivity index (χ3n) is 5.39. The van der Waals surface area contributed by atoms with Crippen LogP contribution in [0.3, 0.4) is 0 Å². The lowest BCUT2D eigenvalue weighted by molar-refractivity contribution is 0.365. The molecule has 1 fully saturated rings. The Balaban J connectivity index is 1.74. The van der Waals surface area contributed by atoms with Gasteiger partial charge in [0.1, 0.15) is 11.6 Å². The number of rotatable bonds is 4. The molecule has 0 radical (unpaired) electrons. The average molecular weight is 399 g/mol. The first kappa shape index (κ1) is 20.6. The molecule has 1 aliphatic rings. The minimum Gasteiger partial charge on any atom is -0.205 e. The van der Waals surface area contributed by atoms with Crippen LogP contribution in [-0.4, -0.2) is 0 Å². The van der Waals surface area contributed by atoms with Crippen molar-refractivity contribution in [3.63, 3.8) is 0 Å². The molecule has 146 valence electrons. The zero-order chi connectivity index (χ0) is 19.9. The van der Waals surface area contributed by atoms with Gasteiger partial charge >= 0.3 is 0 Å². The molecule has 0 aromatic heterocycles. The molecule has 28 heavy (non-hydrogen) atoms. The molecule has 0 nitrogen and oxygen atoms in total. The summed E-state index contributed by atoms with van der Waals surface area (Å²) in [6.45, 7) is 2.13. The summed E-state index contributed by atoms with van der Waals surface area (Å²) in [7, 11) is 0. The van der Waals surface area contributed by atoms with Crippen molar-refractivity contribution in [2.45, 2.75) is 45.4 Å². The number of allylic oxidation sites excluding steroid dienone is 1. The van der Waals surface area contributed by atoms with Crippen LogP contribution < -0.4 is 0 Å². The third-order valence-corrected chi connectivity index (χ3v) is 5.53. The molecule has 0 amide bonds. The zero-order valence-electron chi connectivity index (χ0n) is 16.2. The fourth-order valence-electron chi connectivity index (χ4n) is 3.74. The quantitative estimate of drug-likeness (QED) is 0.468. The molecule has 1 saturated carbocycles. The van der Waals surface area contributed by atoms with E-state index in [2.05, 4.69) is 18.8 Å². The largest absolute Gasteiger partial charge is 0.205 e. The van der Waals surface area contributed by atoms with Crippen LogP contribution in [0.1, 0.15) is 50.2 Å². The maximum atomic E-state index is 14.5. The van der Waals surface area contributed by atoms with E-state index < -0.39 is 11.6 Å². The van der Waals surface area contributed by atoms with E-state index in [1.165, 1.54) is 17.7 Å². The molecule has 0 heterocycles. The molecule has 2 aromatic rings. The minimum atomic E-state index is -0.598. The second kappa shape index (κ2) is 9.89. The second-order valence-electron chi connectivity index (χ2n) is 7.46. The summed E-state index contributed by atoms with van der Waals surface area (Å²) in [5.41, 5.74) is 4.01. The first-order chi connectivity index (χ1) is 13.6. The smallest absolute Gasteiger partial charge is 0.142 e. The predicted molar refractivity (Wildman–Crippen MR) is 113 cm³/mol. The number of hydrogen-bond acceptors (Lipinski definition) is 0.